The van der Waals surface area contributed by atoms with Crippen LogP contribution in [0.25, 0.3) is 0 Å². The van der Waals surface area contributed by atoms with Crippen LogP contribution in [-0.4, -0.2) is 35.5 Å². The van der Waals surface area contributed by atoms with Gasteiger partial charge >= 0.3 is 6.09 Å². The summed E-state index contributed by atoms with van der Waals surface area (Å²) in [4.78, 5) is 12.4. The van der Waals surface area contributed by atoms with Gasteiger partial charge in [-0.1, -0.05) is 25.1 Å². The minimum Gasteiger partial charge on any atom is -0.444 e. The number of nitrogens with one attached hydrogen (secondary N) is 2. The van der Waals surface area contributed by atoms with Crippen molar-refractivity contribution in [1.29, 1.82) is 0 Å². The molecule has 34 heavy (non-hydrogen) atoms. The number of carbonyl (C=O) groups excluding carboxylic acids is 1. The van der Waals surface area contributed by atoms with E-state index in [4.69, 9.17) is 4.74 Å². The number of carbonyl (C=O) groups is 1. The van der Waals surface area contributed by atoms with E-state index in [2.05, 4.69) is 35.8 Å². The van der Waals surface area contributed by atoms with Gasteiger partial charge in [-0.2, -0.15) is 0 Å². The zero-order valence-corrected chi connectivity index (χ0v) is 20.5. The maximum absolute atomic E-state index is 13.7. The second-order valence-electron chi connectivity index (χ2n) is 10.0. The summed E-state index contributed by atoms with van der Waals surface area (Å²) in [5.41, 5.74) is 3.46. The lowest BCUT2D eigenvalue weighted by Crippen LogP contribution is -2.50. The van der Waals surface area contributed by atoms with Crippen LogP contribution in [0.4, 0.5) is 13.6 Å². The normalized spacial score (nSPS) is 17.6. The Morgan fingerprint density at radius 3 is 2.50 bits per heavy atom. The Morgan fingerprint density at radius 1 is 1.15 bits per heavy atom. The average molecular weight is 475 g/mol. The number of halogens is 2. The van der Waals surface area contributed by atoms with Gasteiger partial charge in [0.15, 0.2) is 0 Å². The van der Waals surface area contributed by atoms with Gasteiger partial charge in [-0.3, -0.25) is 0 Å². The molecule has 0 radical (unpaired) electrons. The lowest BCUT2D eigenvalue weighted by molar-refractivity contribution is 0.0419. The number of fused-ring (bicyclic) bond motifs is 1. The highest BCUT2D eigenvalue weighted by atomic mass is 19.1. The SMILES string of the molecule is CCc1ccc2c(c1)C(NCC(O)C(Cc1cc(F)cc(F)c1)NC(=O)OC(C)(C)C)CCC2. The molecule has 3 unspecified atom stereocenters. The zero-order valence-electron chi connectivity index (χ0n) is 20.5. The number of amides is 1. The third-order valence-electron chi connectivity index (χ3n) is 6.05. The molecule has 1 aliphatic rings. The van der Waals surface area contributed by atoms with E-state index in [1.54, 1.807) is 20.8 Å². The maximum Gasteiger partial charge on any atom is 0.407 e. The summed E-state index contributed by atoms with van der Waals surface area (Å²) in [6.07, 6.45) is 2.35. The van der Waals surface area contributed by atoms with Gasteiger partial charge in [0.1, 0.15) is 17.2 Å². The first-order chi connectivity index (χ1) is 16.0. The molecule has 0 saturated carbocycles. The van der Waals surface area contributed by atoms with Crippen LogP contribution in [0, 0.1) is 11.6 Å². The fourth-order valence-electron chi connectivity index (χ4n) is 4.41. The lowest BCUT2D eigenvalue weighted by atomic mass is 9.86. The van der Waals surface area contributed by atoms with Crippen LogP contribution in [0.15, 0.2) is 36.4 Å². The molecule has 7 heteroatoms. The first-order valence-corrected chi connectivity index (χ1v) is 12.0. The van der Waals surface area contributed by atoms with Crippen molar-refractivity contribution in [1.82, 2.24) is 10.6 Å². The second kappa shape index (κ2) is 11.3. The van der Waals surface area contributed by atoms with Gasteiger partial charge in [-0.25, -0.2) is 13.6 Å². The smallest absolute Gasteiger partial charge is 0.407 e. The van der Waals surface area contributed by atoms with Crippen molar-refractivity contribution in [3.8, 4) is 0 Å². The fraction of sp³-hybridized carbons (Fsp3) is 0.519. The van der Waals surface area contributed by atoms with Crippen molar-refractivity contribution in [3.63, 3.8) is 0 Å². The summed E-state index contributed by atoms with van der Waals surface area (Å²) in [7, 11) is 0. The fourth-order valence-corrected chi connectivity index (χ4v) is 4.41. The Bertz CT molecular complexity index is 970. The molecule has 5 nitrogen and oxygen atoms in total. The molecule has 3 rings (SSSR count). The number of rotatable bonds is 8. The van der Waals surface area contributed by atoms with E-state index in [1.165, 1.54) is 28.8 Å². The van der Waals surface area contributed by atoms with Gasteiger partial charge in [0, 0.05) is 18.7 Å². The summed E-state index contributed by atoms with van der Waals surface area (Å²) >= 11 is 0. The molecule has 1 aliphatic carbocycles. The highest BCUT2D eigenvalue weighted by Gasteiger charge is 2.27. The number of alkyl carbamates (subject to hydrolysis) is 1. The molecule has 0 spiro atoms. The van der Waals surface area contributed by atoms with Crippen LogP contribution >= 0.6 is 0 Å². The molecule has 1 amide bonds. The first-order valence-electron chi connectivity index (χ1n) is 12.0. The van der Waals surface area contributed by atoms with Crippen LogP contribution in [0.1, 0.15) is 68.8 Å². The Hall–Kier alpha value is -2.51. The zero-order chi connectivity index (χ0) is 24.9. The summed E-state index contributed by atoms with van der Waals surface area (Å²) in [5, 5.41) is 17.2. The van der Waals surface area contributed by atoms with Gasteiger partial charge < -0.3 is 20.5 Å². The molecular weight excluding hydrogens is 438 g/mol. The molecule has 0 aliphatic heterocycles. The van der Waals surface area contributed by atoms with Crippen LogP contribution < -0.4 is 10.6 Å². The van der Waals surface area contributed by atoms with Crippen molar-refractivity contribution < 1.29 is 23.4 Å². The quantitative estimate of drug-likeness (QED) is 0.504. The van der Waals surface area contributed by atoms with E-state index < -0.39 is 35.5 Å². The van der Waals surface area contributed by atoms with Crippen LogP contribution in [0.3, 0.4) is 0 Å². The topological polar surface area (TPSA) is 70.6 Å². The minimum absolute atomic E-state index is 0.0536. The number of benzene rings is 2. The van der Waals surface area contributed by atoms with Crippen LogP contribution in [-0.2, 0) is 24.0 Å². The van der Waals surface area contributed by atoms with E-state index in [9.17, 15) is 18.7 Å². The molecule has 3 N–H and O–H groups in total. The number of aliphatic hydroxyl groups is 1. The number of ether oxygens (including phenoxy) is 1. The Balaban J connectivity index is 1.73. The van der Waals surface area contributed by atoms with Crippen molar-refractivity contribution in [2.24, 2.45) is 0 Å². The highest BCUT2D eigenvalue weighted by molar-refractivity contribution is 5.68. The molecule has 0 aromatic heterocycles. The van der Waals surface area contributed by atoms with Crippen molar-refractivity contribution in [2.45, 2.75) is 83.6 Å². The summed E-state index contributed by atoms with van der Waals surface area (Å²) in [6, 6.07) is 9.08. The lowest BCUT2D eigenvalue weighted by Gasteiger charge is -2.31. The summed E-state index contributed by atoms with van der Waals surface area (Å²) in [5.74, 6) is -1.41. The van der Waals surface area contributed by atoms with E-state index in [0.29, 0.717) is 5.56 Å². The monoisotopic (exact) mass is 474 g/mol. The molecule has 186 valence electrons. The number of aryl methyl sites for hydroxylation is 2. The number of hydrogen-bond donors (Lipinski definition) is 3. The van der Waals surface area contributed by atoms with Gasteiger partial charge in [0.25, 0.3) is 0 Å². The average Bonchev–Trinajstić information content (AvgIpc) is 2.74. The maximum atomic E-state index is 13.7. The van der Waals surface area contributed by atoms with Gasteiger partial charge in [-0.15, -0.1) is 0 Å². The Morgan fingerprint density at radius 2 is 1.85 bits per heavy atom. The van der Waals surface area contributed by atoms with Crippen LogP contribution in [0.2, 0.25) is 0 Å². The molecule has 0 heterocycles. The molecule has 0 saturated heterocycles. The van der Waals surface area contributed by atoms with Gasteiger partial charge in [-0.05, 0) is 87.3 Å². The number of aliphatic hydroxyl groups excluding tert-OH is 1. The molecule has 0 bridgehead atoms. The van der Waals surface area contributed by atoms with Gasteiger partial charge in [0.2, 0.25) is 0 Å². The molecule has 2 aromatic rings. The Kier molecular flexibility index (Phi) is 8.66. The standard InChI is InChI=1S/C27H36F2N2O3/c1-5-17-9-10-19-7-6-8-23(22(19)13-17)30-16-25(32)24(31-26(33)34-27(2,3)4)14-18-11-20(28)15-21(29)12-18/h9-13,15,23-25,30,32H,5-8,14,16H2,1-4H3,(H,31,33). The van der Waals surface area contributed by atoms with Crippen molar-refractivity contribution in [2.75, 3.05) is 6.54 Å². The Labute approximate surface area is 200 Å². The number of hydrogen-bond acceptors (Lipinski definition) is 4. The second-order valence-corrected chi connectivity index (χ2v) is 10.0. The molecule has 3 atom stereocenters. The molecular formula is C27H36F2N2O3. The third-order valence-corrected chi connectivity index (χ3v) is 6.05. The predicted octanol–water partition coefficient (Wildman–Crippen LogP) is 4.99. The summed E-state index contributed by atoms with van der Waals surface area (Å²) in [6.45, 7) is 7.56. The summed E-state index contributed by atoms with van der Waals surface area (Å²) < 4.78 is 32.8. The van der Waals surface area contributed by atoms with E-state index >= 15 is 0 Å². The first kappa shape index (κ1) is 26.1. The highest BCUT2D eigenvalue weighted by Crippen LogP contribution is 2.30. The van der Waals surface area contributed by atoms with Crippen molar-refractivity contribution >= 4 is 6.09 Å². The van der Waals surface area contributed by atoms with Crippen molar-refractivity contribution in [3.05, 3.63) is 70.3 Å². The van der Waals surface area contributed by atoms with E-state index in [0.717, 1.165) is 31.7 Å². The minimum atomic E-state index is -1.00. The molecule has 2 aromatic carbocycles. The van der Waals surface area contributed by atoms with Gasteiger partial charge in [0.05, 0.1) is 12.1 Å². The predicted molar refractivity (Wildman–Crippen MR) is 129 cm³/mol. The third kappa shape index (κ3) is 7.50. The van der Waals surface area contributed by atoms with E-state index in [1.807, 2.05) is 0 Å². The largest absolute Gasteiger partial charge is 0.444 e. The van der Waals surface area contributed by atoms with Crippen LogP contribution in [0.5, 0.6) is 0 Å². The molecule has 0 fully saturated rings. The van der Waals surface area contributed by atoms with E-state index in [-0.39, 0.29) is 19.0 Å².